The Morgan fingerprint density at radius 2 is 2.23 bits per heavy atom. The molecule has 3 rings (SSSR count). The van der Waals surface area contributed by atoms with E-state index in [0.717, 1.165) is 5.56 Å². The monoisotopic (exact) mass is 318 g/mol. The number of thiophene rings is 1. The van der Waals surface area contributed by atoms with E-state index in [0.29, 0.717) is 27.2 Å². The standard InChI is InChI=1S/C14H14N4O3S/c1-8-10-12(22-11(8)14(20)21-3)15-7-18(13(10)19)6-9-4-16-17(2)5-9/h4-5,7H,6H2,1-3H3. The average molecular weight is 318 g/mol. The van der Waals surface area contributed by atoms with Crippen molar-refractivity contribution in [3.05, 3.63) is 45.1 Å². The second-order valence-corrected chi connectivity index (χ2v) is 5.93. The first-order valence-electron chi connectivity index (χ1n) is 6.55. The number of rotatable bonds is 3. The lowest BCUT2D eigenvalue weighted by molar-refractivity contribution is 0.0605. The number of aryl methyl sites for hydroxylation is 2. The van der Waals surface area contributed by atoms with Gasteiger partial charge in [0.1, 0.15) is 9.71 Å². The molecule has 114 valence electrons. The van der Waals surface area contributed by atoms with E-state index >= 15 is 0 Å². The molecule has 0 fully saturated rings. The van der Waals surface area contributed by atoms with E-state index in [1.807, 2.05) is 13.2 Å². The first kappa shape index (κ1) is 14.5. The zero-order chi connectivity index (χ0) is 15.9. The van der Waals surface area contributed by atoms with Crippen LogP contribution >= 0.6 is 11.3 Å². The fourth-order valence-electron chi connectivity index (χ4n) is 2.31. The molecular formula is C14H14N4O3S. The van der Waals surface area contributed by atoms with Gasteiger partial charge in [-0.05, 0) is 12.5 Å². The summed E-state index contributed by atoms with van der Waals surface area (Å²) in [6, 6.07) is 0. The van der Waals surface area contributed by atoms with Crippen LogP contribution in [0.3, 0.4) is 0 Å². The number of fused-ring (bicyclic) bond motifs is 1. The molecule has 0 aliphatic heterocycles. The van der Waals surface area contributed by atoms with Gasteiger partial charge in [0.25, 0.3) is 5.56 Å². The molecule has 0 aliphatic rings. The van der Waals surface area contributed by atoms with E-state index in [9.17, 15) is 9.59 Å². The van der Waals surface area contributed by atoms with Crippen molar-refractivity contribution in [3.8, 4) is 0 Å². The summed E-state index contributed by atoms with van der Waals surface area (Å²) in [7, 11) is 3.14. The number of carbonyl (C=O) groups is 1. The molecule has 0 atom stereocenters. The van der Waals surface area contributed by atoms with Crippen molar-refractivity contribution in [2.24, 2.45) is 7.05 Å². The smallest absolute Gasteiger partial charge is 0.348 e. The van der Waals surface area contributed by atoms with Crippen molar-refractivity contribution in [3.63, 3.8) is 0 Å². The number of aromatic nitrogens is 4. The predicted octanol–water partition coefficient (Wildman–Crippen LogP) is 1.33. The van der Waals surface area contributed by atoms with Crippen molar-refractivity contribution in [1.29, 1.82) is 0 Å². The lowest BCUT2D eigenvalue weighted by atomic mass is 10.2. The molecule has 0 radical (unpaired) electrons. The van der Waals surface area contributed by atoms with Crippen molar-refractivity contribution in [2.75, 3.05) is 7.11 Å². The predicted molar refractivity (Wildman–Crippen MR) is 82.3 cm³/mol. The number of hydrogen-bond acceptors (Lipinski definition) is 6. The Labute approximate surface area is 129 Å². The number of methoxy groups -OCH3 is 1. The molecular weight excluding hydrogens is 304 g/mol. The third-order valence-electron chi connectivity index (χ3n) is 3.40. The SMILES string of the molecule is COC(=O)c1sc2ncn(Cc3cnn(C)c3)c(=O)c2c1C. The van der Waals surface area contributed by atoms with Gasteiger partial charge in [0.15, 0.2) is 0 Å². The highest BCUT2D eigenvalue weighted by Gasteiger charge is 2.19. The van der Waals surface area contributed by atoms with E-state index in [2.05, 4.69) is 10.1 Å². The molecule has 3 heterocycles. The Morgan fingerprint density at radius 1 is 1.45 bits per heavy atom. The van der Waals surface area contributed by atoms with Crippen LogP contribution in [0.1, 0.15) is 20.8 Å². The molecule has 0 aromatic carbocycles. The maximum atomic E-state index is 12.6. The van der Waals surface area contributed by atoms with E-state index in [1.165, 1.54) is 29.3 Å². The number of nitrogens with zero attached hydrogens (tertiary/aromatic N) is 4. The molecule has 0 amide bonds. The summed E-state index contributed by atoms with van der Waals surface area (Å²) in [5.74, 6) is -0.446. The number of esters is 1. The third kappa shape index (κ3) is 2.31. The van der Waals surface area contributed by atoms with Crippen LogP contribution in [-0.4, -0.2) is 32.4 Å². The molecule has 0 saturated carbocycles. The van der Waals surface area contributed by atoms with Gasteiger partial charge in [0.05, 0.1) is 31.6 Å². The molecule has 0 unspecified atom stereocenters. The summed E-state index contributed by atoms with van der Waals surface area (Å²) in [5, 5.41) is 4.55. The highest BCUT2D eigenvalue weighted by Crippen LogP contribution is 2.27. The van der Waals surface area contributed by atoms with Gasteiger partial charge in [0, 0.05) is 18.8 Å². The minimum absolute atomic E-state index is 0.169. The van der Waals surface area contributed by atoms with Crippen molar-refractivity contribution < 1.29 is 9.53 Å². The normalized spacial score (nSPS) is 11.0. The molecule has 0 saturated heterocycles. The van der Waals surface area contributed by atoms with Crippen molar-refractivity contribution in [2.45, 2.75) is 13.5 Å². The molecule has 22 heavy (non-hydrogen) atoms. The number of carbonyl (C=O) groups excluding carboxylic acids is 1. The van der Waals surface area contributed by atoms with E-state index in [1.54, 1.807) is 17.8 Å². The highest BCUT2D eigenvalue weighted by molar-refractivity contribution is 7.20. The zero-order valence-corrected chi connectivity index (χ0v) is 13.2. The van der Waals surface area contributed by atoms with Crippen LogP contribution in [0.5, 0.6) is 0 Å². The third-order valence-corrected chi connectivity index (χ3v) is 4.58. The maximum absolute atomic E-state index is 12.6. The summed E-state index contributed by atoms with van der Waals surface area (Å²) >= 11 is 1.17. The van der Waals surface area contributed by atoms with Gasteiger partial charge >= 0.3 is 5.97 Å². The molecule has 7 nitrogen and oxygen atoms in total. The van der Waals surface area contributed by atoms with Crippen LogP contribution < -0.4 is 5.56 Å². The Bertz CT molecular complexity index is 922. The largest absolute Gasteiger partial charge is 0.465 e. The first-order chi connectivity index (χ1) is 10.5. The lowest BCUT2D eigenvalue weighted by Crippen LogP contribution is -2.21. The Balaban J connectivity index is 2.11. The Hall–Kier alpha value is -2.48. The first-order valence-corrected chi connectivity index (χ1v) is 7.37. The molecule has 0 aliphatic carbocycles. The molecule has 3 aromatic heterocycles. The van der Waals surface area contributed by atoms with Gasteiger partial charge in [-0.15, -0.1) is 11.3 Å². The van der Waals surface area contributed by atoms with Crippen LogP contribution in [-0.2, 0) is 18.3 Å². The Kier molecular flexibility index (Phi) is 3.53. The highest BCUT2D eigenvalue weighted by atomic mass is 32.1. The minimum Gasteiger partial charge on any atom is -0.465 e. The van der Waals surface area contributed by atoms with Crippen molar-refractivity contribution >= 4 is 27.5 Å². The van der Waals surface area contributed by atoms with Crippen molar-refractivity contribution in [1.82, 2.24) is 19.3 Å². The average Bonchev–Trinajstić information content (AvgIpc) is 3.05. The van der Waals surface area contributed by atoms with Crippen LogP contribution in [0.15, 0.2) is 23.5 Å². The number of ether oxygens (including phenoxy) is 1. The van der Waals surface area contributed by atoms with Gasteiger partial charge in [-0.2, -0.15) is 5.10 Å². The van der Waals surface area contributed by atoms with Gasteiger partial charge in [-0.1, -0.05) is 0 Å². The number of hydrogen-bond donors (Lipinski definition) is 0. The summed E-state index contributed by atoms with van der Waals surface area (Å²) in [6.45, 7) is 2.13. The van der Waals surface area contributed by atoms with Gasteiger partial charge < -0.3 is 4.74 Å². The summed E-state index contributed by atoms with van der Waals surface area (Å²) < 4.78 is 7.93. The summed E-state index contributed by atoms with van der Waals surface area (Å²) in [5.41, 5.74) is 1.36. The fraction of sp³-hybridized carbons (Fsp3) is 0.286. The van der Waals surface area contributed by atoms with Crippen LogP contribution in [0.25, 0.3) is 10.2 Å². The Morgan fingerprint density at radius 3 is 2.86 bits per heavy atom. The van der Waals surface area contributed by atoms with Crippen LogP contribution in [0.4, 0.5) is 0 Å². The molecule has 0 spiro atoms. The lowest BCUT2D eigenvalue weighted by Gasteiger charge is -2.03. The summed E-state index contributed by atoms with van der Waals surface area (Å²) in [4.78, 5) is 29.6. The second kappa shape index (κ2) is 5.38. The van der Waals surface area contributed by atoms with E-state index in [-0.39, 0.29) is 5.56 Å². The van der Waals surface area contributed by atoms with Gasteiger partial charge in [-0.3, -0.25) is 14.0 Å². The molecule has 0 N–H and O–H groups in total. The van der Waals surface area contributed by atoms with E-state index in [4.69, 9.17) is 4.74 Å². The summed E-state index contributed by atoms with van der Waals surface area (Å²) in [6.07, 6.45) is 5.04. The fourth-order valence-corrected chi connectivity index (χ4v) is 3.37. The maximum Gasteiger partial charge on any atom is 0.348 e. The quantitative estimate of drug-likeness (QED) is 0.681. The molecule has 0 bridgehead atoms. The second-order valence-electron chi connectivity index (χ2n) is 4.93. The van der Waals surface area contributed by atoms with Gasteiger partial charge in [-0.25, -0.2) is 9.78 Å². The van der Waals surface area contributed by atoms with E-state index < -0.39 is 5.97 Å². The van der Waals surface area contributed by atoms with Crippen LogP contribution in [0, 0.1) is 6.92 Å². The minimum atomic E-state index is -0.446. The molecule has 8 heteroatoms. The topological polar surface area (TPSA) is 79.0 Å². The molecule has 3 aromatic rings. The van der Waals surface area contributed by atoms with Gasteiger partial charge in [0.2, 0.25) is 0 Å². The van der Waals surface area contributed by atoms with Crippen LogP contribution in [0.2, 0.25) is 0 Å². The zero-order valence-electron chi connectivity index (χ0n) is 12.4.